The van der Waals surface area contributed by atoms with Crippen molar-refractivity contribution in [2.75, 3.05) is 23.4 Å². The van der Waals surface area contributed by atoms with Crippen molar-refractivity contribution in [2.45, 2.75) is 26.8 Å². The molecule has 1 N–H and O–H groups in total. The van der Waals surface area contributed by atoms with Gasteiger partial charge in [-0.2, -0.15) is 10.1 Å². The van der Waals surface area contributed by atoms with E-state index in [2.05, 4.69) is 15.4 Å². The predicted molar refractivity (Wildman–Crippen MR) is 121 cm³/mol. The molecular formula is C24H24FN5O3. The molecule has 9 heteroatoms. The molecule has 0 aliphatic carbocycles. The molecule has 0 radical (unpaired) electrons. The molecule has 1 aliphatic heterocycles. The van der Waals surface area contributed by atoms with Gasteiger partial charge in [0.05, 0.1) is 12.2 Å². The van der Waals surface area contributed by atoms with Crippen molar-refractivity contribution in [1.82, 2.24) is 14.8 Å². The number of hydrogen-bond acceptors (Lipinski definition) is 6. The van der Waals surface area contributed by atoms with Crippen LogP contribution in [0.1, 0.15) is 31.0 Å². The van der Waals surface area contributed by atoms with Gasteiger partial charge >= 0.3 is 5.97 Å². The molecular weight excluding hydrogens is 425 g/mol. The number of benzene rings is 2. The molecule has 0 bridgehead atoms. The van der Waals surface area contributed by atoms with Crippen LogP contribution in [0.4, 0.5) is 16.0 Å². The van der Waals surface area contributed by atoms with E-state index < -0.39 is 12.0 Å². The Morgan fingerprint density at radius 3 is 2.45 bits per heavy atom. The van der Waals surface area contributed by atoms with Crippen molar-refractivity contribution in [1.29, 1.82) is 0 Å². The number of rotatable bonds is 6. The number of fused-ring (bicyclic) bond motifs is 1. The van der Waals surface area contributed by atoms with Crippen LogP contribution in [0.5, 0.6) is 0 Å². The molecule has 4 rings (SSSR count). The Morgan fingerprint density at radius 1 is 1.09 bits per heavy atom. The number of esters is 1. The molecule has 0 unspecified atom stereocenters. The van der Waals surface area contributed by atoms with Crippen LogP contribution in [-0.4, -0.2) is 39.8 Å². The summed E-state index contributed by atoms with van der Waals surface area (Å²) in [5, 5.41) is 7.17. The van der Waals surface area contributed by atoms with E-state index >= 15 is 0 Å². The first-order chi connectivity index (χ1) is 15.9. The number of allylic oxidation sites excluding steroid dienone is 1. The quantitative estimate of drug-likeness (QED) is 0.579. The first-order valence-electron chi connectivity index (χ1n) is 10.6. The Bertz CT molecular complexity index is 1200. The van der Waals surface area contributed by atoms with Crippen LogP contribution in [0.25, 0.3) is 0 Å². The van der Waals surface area contributed by atoms with Crippen molar-refractivity contribution in [3.63, 3.8) is 0 Å². The first-order valence-corrected chi connectivity index (χ1v) is 10.6. The molecule has 1 atom stereocenters. The standard InChI is InChI=1S/C24H24FN5O3/c1-4-33-23(32)21-16(3)29(13-20(31)28-19-11-5-15(2)6-12-19)24-26-14-27-30(24)22(21)17-7-9-18(25)10-8-17/h5-12,14,22H,4,13H2,1-3H3,(H,28,31)/t22-/m0/s1. The maximum atomic E-state index is 13.6. The number of aromatic nitrogens is 3. The normalized spacial score (nSPS) is 15.3. The summed E-state index contributed by atoms with van der Waals surface area (Å²) in [5.41, 5.74) is 3.23. The highest BCUT2D eigenvalue weighted by Gasteiger charge is 2.38. The van der Waals surface area contributed by atoms with Gasteiger partial charge in [0.25, 0.3) is 0 Å². The molecule has 0 saturated carbocycles. The lowest BCUT2D eigenvalue weighted by molar-refractivity contribution is -0.139. The van der Waals surface area contributed by atoms with Gasteiger partial charge in [-0.3, -0.25) is 4.79 Å². The molecule has 0 fully saturated rings. The van der Waals surface area contributed by atoms with Crippen molar-refractivity contribution in [2.24, 2.45) is 0 Å². The summed E-state index contributed by atoms with van der Waals surface area (Å²) in [6.45, 7) is 5.52. The first kappa shape index (κ1) is 22.2. The highest BCUT2D eigenvalue weighted by atomic mass is 19.1. The third-order valence-corrected chi connectivity index (χ3v) is 5.43. The van der Waals surface area contributed by atoms with Gasteiger partial charge in [-0.05, 0) is 50.6 Å². The van der Waals surface area contributed by atoms with Gasteiger partial charge in [0.2, 0.25) is 11.9 Å². The Morgan fingerprint density at radius 2 is 1.79 bits per heavy atom. The van der Waals surface area contributed by atoms with E-state index in [0.717, 1.165) is 5.56 Å². The molecule has 1 aromatic heterocycles. The number of ether oxygens (including phenoxy) is 1. The van der Waals surface area contributed by atoms with Crippen molar-refractivity contribution in [3.05, 3.63) is 83.1 Å². The van der Waals surface area contributed by atoms with Gasteiger partial charge in [-0.25, -0.2) is 13.9 Å². The molecule has 3 aromatic rings. The molecule has 2 aromatic carbocycles. The third-order valence-electron chi connectivity index (χ3n) is 5.43. The van der Waals surface area contributed by atoms with Crippen molar-refractivity contribution in [3.8, 4) is 0 Å². The van der Waals surface area contributed by atoms with Crippen LogP contribution in [0.3, 0.4) is 0 Å². The van der Waals surface area contributed by atoms with E-state index in [4.69, 9.17) is 4.74 Å². The second-order valence-electron chi connectivity index (χ2n) is 7.68. The van der Waals surface area contributed by atoms with Crippen LogP contribution in [0.2, 0.25) is 0 Å². The Balaban J connectivity index is 1.72. The van der Waals surface area contributed by atoms with Crippen LogP contribution in [0, 0.1) is 12.7 Å². The number of halogens is 1. The van der Waals surface area contributed by atoms with E-state index in [1.807, 2.05) is 31.2 Å². The SMILES string of the molecule is CCOC(=O)C1=C(C)N(CC(=O)Nc2ccc(C)cc2)c2ncnn2[C@H]1c1ccc(F)cc1. The average Bonchev–Trinajstić information content (AvgIpc) is 3.27. The highest BCUT2D eigenvalue weighted by molar-refractivity contribution is 5.96. The van der Waals surface area contributed by atoms with E-state index in [0.29, 0.717) is 28.5 Å². The molecule has 33 heavy (non-hydrogen) atoms. The lowest BCUT2D eigenvalue weighted by Gasteiger charge is -2.35. The van der Waals surface area contributed by atoms with E-state index in [-0.39, 0.29) is 24.9 Å². The topological polar surface area (TPSA) is 89.3 Å². The molecule has 1 aliphatic rings. The fraction of sp³-hybridized carbons (Fsp3) is 0.250. The number of nitrogens with one attached hydrogen (secondary N) is 1. The minimum absolute atomic E-state index is 0.0859. The largest absolute Gasteiger partial charge is 0.463 e. The number of aryl methyl sites for hydroxylation is 1. The second kappa shape index (κ2) is 9.23. The van der Waals surface area contributed by atoms with E-state index in [9.17, 15) is 14.0 Å². The van der Waals surface area contributed by atoms with Gasteiger partial charge < -0.3 is 15.0 Å². The smallest absolute Gasteiger partial charge is 0.338 e. The lowest BCUT2D eigenvalue weighted by Crippen LogP contribution is -2.40. The van der Waals surface area contributed by atoms with Crippen LogP contribution in [0.15, 0.2) is 66.1 Å². The number of anilines is 2. The van der Waals surface area contributed by atoms with Gasteiger partial charge in [0.15, 0.2) is 0 Å². The number of carbonyl (C=O) groups excluding carboxylic acids is 2. The Kier molecular flexibility index (Phi) is 6.21. The highest BCUT2D eigenvalue weighted by Crippen LogP contribution is 2.38. The van der Waals surface area contributed by atoms with Gasteiger partial charge in [0, 0.05) is 11.4 Å². The van der Waals surface area contributed by atoms with Crippen LogP contribution < -0.4 is 10.2 Å². The lowest BCUT2D eigenvalue weighted by atomic mass is 9.95. The number of amides is 1. The fourth-order valence-electron chi connectivity index (χ4n) is 3.83. The summed E-state index contributed by atoms with van der Waals surface area (Å²) in [4.78, 5) is 31.8. The van der Waals surface area contributed by atoms with Crippen LogP contribution in [-0.2, 0) is 14.3 Å². The molecule has 0 spiro atoms. The van der Waals surface area contributed by atoms with Gasteiger partial charge in [-0.15, -0.1) is 0 Å². The van der Waals surface area contributed by atoms with Crippen LogP contribution >= 0.6 is 0 Å². The Hall–Kier alpha value is -4.01. The summed E-state index contributed by atoms with van der Waals surface area (Å²) >= 11 is 0. The van der Waals surface area contributed by atoms with Gasteiger partial charge in [0.1, 0.15) is 24.7 Å². The molecule has 2 heterocycles. The van der Waals surface area contributed by atoms with E-state index in [1.165, 1.54) is 18.5 Å². The number of nitrogens with zero attached hydrogens (tertiary/aromatic N) is 4. The second-order valence-corrected chi connectivity index (χ2v) is 7.68. The maximum absolute atomic E-state index is 13.6. The zero-order valence-corrected chi connectivity index (χ0v) is 18.6. The average molecular weight is 449 g/mol. The summed E-state index contributed by atoms with van der Waals surface area (Å²) in [6.07, 6.45) is 1.36. The summed E-state index contributed by atoms with van der Waals surface area (Å²) < 4.78 is 20.4. The molecule has 1 amide bonds. The summed E-state index contributed by atoms with van der Waals surface area (Å²) in [7, 11) is 0. The summed E-state index contributed by atoms with van der Waals surface area (Å²) in [5.74, 6) is -0.805. The number of carbonyl (C=O) groups is 2. The summed E-state index contributed by atoms with van der Waals surface area (Å²) in [6, 6.07) is 12.6. The van der Waals surface area contributed by atoms with Crippen molar-refractivity contribution < 1.29 is 18.7 Å². The minimum Gasteiger partial charge on any atom is -0.463 e. The monoisotopic (exact) mass is 449 g/mol. The maximum Gasteiger partial charge on any atom is 0.338 e. The van der Waals surface area contributed by atoms with E-state index in [1.54, 1.807) is 35.6 Å². The zero-order valence-electron chi connectivity index (χ0n) is 18.6. The third kappa shape index (κ3) is 4.48. The predicted octanol–water partition coefficient (Wildman–Crippen LogP) is 3.61. The Labute approximate surface area is 190 Å². The molecule has 0 saturated heterocycles. The molecule has 8 nitrogen and oxygen atoms in total. The van der Waals surface area contributed by atoms with Gasteiger partial charge in [-0.1, -0.05) is 29.8 Å². The zero-order chi connectivity index (χ0) is 23.5. The number of hydrogen-bond donors (Lipinski definition) is 1. The fourth-order valence-corrected chi connectivity index (χ4v) is 3.83. The minimum atomic E-state index is -0.668. The molecule has 170 valence electrons. The van der Waals surface area contributed by atoms with Crippen molar-refractivity contribution >= 4 is 23.5 Å².